The first kappa shape index (κ1) is 22.1. The van der Waals surface area contributed by atoms with E-state index < -0.39 is 11.8 Å². The molecule has 31 heavy (non-hydrogen) atoms. The largest absolute Gasteiger partial charge is 0.497 e. The summed E-state index contributed by atoms with van der Waals surface area (Å²) in [4.78, 5) is 25.8. The first-order chi connectivity index (χ1) is 15.0. The Morgan fingerprint density at radius 1 is 0.839 bits per heavy atom. The Morgan fingerprint density at radius 2 is 1.42 bits per heavy atom. The number of benzene rings is 3. The summed E-state index contributed by atoms with van der Waals surface area (Å²) in [6.45, 7) is 0. The molecule has 2 N–H and O–H groups in total. The van der Waals surface area contributed by atoms with Gasteiger partial charge in [-0.1, -0.05) is 24.3 Å². The summed E-state index contributed by atoms with van der Waals surface area (Å²) in [7, 11) is 3.15. The predicted molar refractivity (Wildman–Crippen MR) is 124 cm³/mol. The van der Waals surface area contributed by atoms with Crippen molar-refractivity contribution >= 4 is 39.5 Å². The third-order valence-corrected chi connectivity index (χ3v) is 5.08. The van der Waals surface area contributed by atoms with Crippen molar-refractivity contribution < 1.29 is 19.1 Å². The molecule has 158 valence electrons. The molecule has 0 radical (unpaired) electrons. The third-order valence-electron chi connectivity index (χ3n) is 4.39. The molecule has 7 heteroatoms. The number of anilines is 1. The molecule has 0 aliphatic heterocycles. The van der Waals surface area contributed by atoms with Crippen LogP contribution >= 0.6 is 15.9 Å². The van der Waals surface area contributed by atoms with Crippen LogP contribution in [-0.4, -0.2) is 26.0 Å². The van der Waals surface area contributed by atoms with E-state index in [0.717, 1.165) is 5.56 Å². The van der Waals surface area contributed by atoms with Gasteiger partial charge in [0.05, 0.1) is 19.8 Å². The zero-order valence-corrected chi connectivity index (χ0v) is 18.6. The molecule has 2 amide bonds. The molecule has 0 saturated carbocycles. The second kappa shape index (κ2) is 10.4. The van der Waals surface area contributed by atoms with Gasteiger partial charge in [0.15, 0.2) is 0 Å². The molecule has 0 aromatic heterocycles. The van der Waals surface area contributed by atoms with Gasteiger partial charge in [0.1, 0.15) is 17.2 Å². The Morgan fingerprint density at radius 3 is 2.00 bits per heavy atom. The van der Waals surface area contributed by atoms with E-state index in [4.69, 9.17) is 9.47 Å². The Bertz CT molecular complexity index is 1090. The highest BCUT2D eigenvalue weighted by Crippen LogP contribution is 2.19. The molecule has 0 saturated heterocycles. The summed E-state index contributed by atoms with van der Waals surface area (Å²) in [6.07, 6.45) is 1.60. The maximum Gasteiger partial charge on any atom is 0.272 e. The summed E-state index contributed by atoms with van der Waals surface area (Å²) < 4.78 is 10.9. The van der Waals surface area contributed by atoms with Crippen molar-refractivity contribution in [2.45, 2.75) is 0 Å². The third kappa shape index (κ3) is 5.96. The average Bonchev–Trinajstić information content (AvgIpc) is 2.79. The Hall–Kier alpha value is -3.58. The number of rotatable bonds is 7. The van der Waals surface area contributed by atoms with E-state index in [2.05, 4.69) is 26.6 Å². The summed E-state index contributed by atoms with van der Waals surface area (Å²) in [6, 6.07) is 21.1. The fraction of sp³-hybridized carbons (Fsp3) is 0.0833. The van der Waals surface area contributed by atoms with E-state index in [1.54, 1.807) is 87.0 Å². The van der Waals surface area contributed by atoms with Gasteiger partial charge in [-0.15, -0.1) is 0 Å². The second-order valence-corrected chi connectivity index (χ2v) is 7.30. The highest BCUT2D eigenvalue weighted by atomic mass is 79.9. The Kier molecular flexibility index (Phi) is 7.45. The fourth-order valence-electron chi connectivity index (χ4n) is 2.73. The quantitative estimate of drug-likeness (QED) is 0.472. The average molecular weight is 481 g/mol. The lowest BCUT2D eigenvalue weighted by molar-refractivity contribution is -0.113. The molecule has 3 aromatic carbocycles. The highest BCUT2D eigenvalue weighted by Gasteiger charge is 2.16. The molecule has 3 rings (SSSR count). The minimum absolute atomic E-state index is 0.0988. The molecule has 6 nitrogen and oxygen atoms in total. The lowest BCUT2D eigenvalue weighted by Crippen LogP contribution is -2.31. The van der Waals surface area contributed by atoms with E-state index in [9.17, 15) is 9.59 Å². The van der Waals surface area contributed by atoms with Crippen molar-refractivity contribution in [3.63, 3.8) is 0 Å². The molecular formula is C24H21BrN2O4. The molecule has 0 aliphatic carbocycles. The van der Waals surface area contributed by atoms with Gasteiger partial charge >= 0.3 is 0 Å². The van der Waals surface area contributed by atoms with Crippen LogP contribution in [0.3, 0.4) is 0 Å². The summed E-state index contributed by atoms with van der Waals surface area (Å²) in [5, 5.41) is 5.51. The molecular weight excluding hydrogens is 460 g/mol. The molecule has 0 atom stereocenters. The van der Waals surface area contributed by atoms with Gasteiger partial charge in [-0.2, -0.15) is 0 Å². The van der Waals surface area contributed by atoms with Gasteiger partial charge in [-0.05, 0) is 76.1 Å². The van der Waals surface area contributed by atoms with E-state index >= 15 is 0 Å². The van der Waals surface area contributed by atoms with E-state index in [1.807, 2.05) is 6.07 Å². The number of ether oxygens (including phenoxy) is 2. The molecule has 0 unspecified atom stereocenters. The van der Waals surface area contributed by atoms with E-state index in [0.29, 0.717) is 27.2 Å². The zero-order chi connectivity index (χ0) is 22.2. The van der Waals surface area contributed by atoms with E-state index in [1.165, 1.54) is 0 Å². The molecule has 3 aromatic rings. The van der Waals surface area contributed by atoms with Crippen molar-refractivity contribution in [3.8, 4) is 11.5 Å². The SMILES string of the molecule is COc1ccc(/C=C(\NC(=O)c2ccccc2Br)C(=O)Nc2ccc(OC)cc2)cc1. The number of hydrogen-bond acceptors (Lipinski definition) is 4. The normalized spacial score (nSPS) is 10.9. The standard InChI is InChI=1S/C24H21BrN2O4/c1-30-18-11-7-16(8-12-18)15-22(27-23(28)20-5-3-4-6-21(20)25)24(29)26-17-9-13-19(31-2)14-10-17/h3-15H,1-2H3,(H,26,29)(H,27,28)/b22-15-. The number of carbonyl (C=O) groups is 2. The van der Waals surface area contributed by atoms with Crippen molar-refractivity contribution in [1.29, 1.82) is 0 Å². The Labute approximate surface area is 189 Å². The first-order valence-corrected chi connectivity index (χ1v) is 10.2. The number of halogens is 1. The number of amides is 2. The van der Waals surface area contributed by atoms with Gasteiger partial charge in [-0.25, -0.2) is 0 Å². The molecule has 0 bridgehead atoms. The number of methoxy groups -OCH3 is 2. The van der Waals surface area contributed by atoms with E-state index in [-0.39, 0.29) is 5.70 Å². The lowest BCUT2D eigenvalue weighted by atomic mass is 10.1. The van der Waals surface area contributed by atoms with Crippen molar-refractivity contribution in [3.05, 3.63) is 94.1 Å². The van der Waals surface area contributed by atoms with Crippen LogP contribution in [0, 0.1) is 0 Å². The summed E-state index contributed by atoms with van der Waals surface area (Å²) in [5.74, 6) is 0.506. The topological polar surface area (TPSA) is 76.7 Å². The number of nitrogens with one attached hydrogen (secondary N) is 2. The minimum Gasteiger partial charge on any atom is -0.497 e. The predicted octanol–water partition coefficient (Wildman–Crippen LogP) is 4.88. The number of carbonyl (C=O) groups excluding carboxylic acids is 2. The van der Waals surface area contributed by atoms with Crippen LogP contribution in [0.4, 0.5) is 5.69 Å². The summed E-state index contributed by atoms with van der Waals surface area (Å²) >= 11 is 3.37. The number of hydrogen-bond donors (Lipinski definition) is 2. The van der Waals surface area contributed by atoms with Crippen LogP contribution in [0.15, 0.2) is 83.0 Å². The van der Waals surface area contributed by atoms with Crippen LogP contribution < -0.4 is 20.1 Å². The second-order valence-electron chi connectivity index (χ2n) is 6.45. The zero-order valence-electron chi connectivity index (χ0n) is 17.0. The molecule has 0 heterocycles. The van der Waals surface area contributed by atoms with Crippen LogP contribution in [0.2, 0.25) is 0 Å². The maximum absolute atomic E-state index is 13.0. The lowest BCUT2D eigenvalue weighted by Gasteiger charge is -2.12. The van der Waals surface area contributed by atoms with Gasteiger partial charge in [0.2, 0.25) is 0 Å². The molecule has 0 fully saturated rings. The highest BCUT2D eigenvalue weighted by molar-refractivity contribution is 9.10. The fourth-order valence-corrected chi connectivity index (χ4v) is 3.20. The Balaban J connectivity index is 1.88. The van der Waals surface area contributed by atoms with Crippen LogP contribution in [-0.2, 0) is 4.79 Å². The monoisotopic (exact) mass is 480 g/mol. The van der Waals surface area contributed by atoms with Crippen molar-refractivity contribution in [2.75, 3.05) is 19.5 Å². The van der Waals surface area contributed by atoms with Crippen molar-refractivity contribution in [1.82, 2.24) is 5.32 Å². The van der Waals surface area contributed by atoms with Gasteiger partial charge in [-0.3, -0.25) is 9.59 Å². The summed E-state index contributed by atoms with van der Waals surface area (Å²) in [5.41, 5.74) is 1.82. The van der Waals surface area contributed by atoms with Gasteiger partial charge in [0.25, 0.3) is 11.8 Å². The smallest absolute Gasteiger partial charge is 0.272 e. The van der Waals surface area contributed by atoms with Crippen LogP contribution in [0.25, 0.3) is 6.08 Å². The van der Waals surface area contributed by atoms with Gasteiger partial charge in [0, 0.05) is 10.2 Å². The van der Waals surface area contributed by atoms with Gasteiger partial charge < -0.3 is 20.1 Å². The van der Waals surface area contributed by atoms with Crippen molar-refractivity contribution in [2.24, 2.45) is 0 Å². The van der Waals surface area contributed by atoms with Crippen LogP contribution in [0.5, 0.6) is 11.5 Å². The molecule has 0 aliphatic rings. The first-order valence-electron chi connectivity index (χ1n) is 9.37. The van der Waals surface area contributed by atoms with Crippen LogP contribution in [0.1, 0.15) is 15.9 Å². The maximum atomic E-state index is 13.0. The minimum atomic E-state index is -0.457. The molecule has 0 spiro atoms.